The Bertz CT molecular complexity index is 1270. The molecule has 0 bridgehead atoms. The summed E-state index contributed by atoms with van der Waals surface area (Å²) in [4.78, 5) is 14.0. The molecule has 0 radical (unpaired) electrons. The van der Waals surface area contributed by atoms with Gasteiger partial charge < -0.3 is 14.4 Å². The number of halogens is 1. The number of nitrogens with zero attached hydrogens (tertiary/aromatic N) is 1. The fraction of sp³-hybridized carbons (Fsp3) is 0.346. The smallest absolute Gasteiger partial charge is 0.409 e. The predicted molar refractivity (Wildman–Crippen MR) is 138 cm³/mol. The highest BCUT2D eigenvalue weighted by Crippen LogP contribution is 2.34. The third kappa shape index (κ3) is 6.18. The van der Waals surface area contributed by atoms with Gasteiger partial charge in [0.1, 0.15) is 11.9 Å². The number of amides is 1. The van der Waals surface area contributed by atoms with Gasteiger partial charge in [0.2, 0.25) is 0 Å². The highest BCUT2D eigenvalue weighted by molar-refractivity contribution is 7.92. The number of piperidine rings is 1. The fourth-order valence-corrected chi connectivity index (χ4v) is 5.22. The first kappa shape index (κ1) is 25.1. The van der Waals surface area contributed by atoms with Gasteiger partial charge in [-0.25, -0.2) is 13.2 Å². The lowest BCUT2D eigenvalue weighted by molar-refractivity contribution is 0.0674. The zero-order valence-electron chi connectivity index (χ0n) is 19.6. The van der Waals surface area contributed by atoms with E-state index < -0.39 is 10.0 Å². The molecular weight excluding hydrogens is 488 g/mol. The first-order chi connectivity index (χ1) is 16.9. The van der Waals surface area contributed by atoms with Crippen LogP contribution in [0.15, 0.2) is 65.6 Å². The number of benzene rings is 3. The van der Waals surface area contributed by atoms with Crippen LogP contribution in [0.4, 0.5) is 10.5 Å². The number of sulfonamides is 1. The quantitative estimate of drug-likeness (QED) is 0.367. The van der Waals surface area contributed by atoms with Crippen molar-refractivity contribution in [3.05, 3.63) is 65.7 Å². The molecule has 0 unspecified atom stereocenters. The van der Waals surface area contributed by atoms with Gasteiger partial charge in [0.15, 0.2) is 0 Å². The SMILES string of the molecule is CCCCOC(=O)N1CCC(Oc2ccc(NS(=O)(=O)c3ccc(Cl)cc3)c3ccccc23)CC1. The summed E-state index contributed by atoms with van der Waals surface area (Å²) in [6, 6.07) is 17.0. The van der Waals surface area contributed by atoms with Gasteiger partial charge in [0.25, 0.3) is 10.0 Å². The number of hydrogen-bond acceptors (Lipinski definition) is 5. The summed E-state index contributed by atoms with van der Waals surface area (Å²) in [6.45, 7) is 3.66. The van der Waals surface area contributed by atoms with Crippen LogP contribution in [-0.4, -0.2) is 45.2 Å². The second-order valence-corrected chi connectivity index (χ2v) is 10.6. The third-order valence-electron chi connectivity index (χ3n) is 5.97. The minimum absolute atomic E-state index is 0.0466. The van der Waals surface area contributed by atoms with Crippen molar-refractivity contribution in [2.24, 2.45) is 0 Å². The standard InChI is InChI=1S/C26H29ClN2O5S/c1-2-3-18-33-26(30)29-16-14-20(15-17-29)34-25-13-12-24(22-6-4-5-7-23(22)25)28-35(31,32)21-10-8-19(27)9-11-21/h4-13,20,28H,2-3,14-18H2,1H3. The Balaban J connectivity index is 1.46. The van der Waals surface area contributed by atoms with Crippen molar-refractivity contribution in [1.82, 2.24) is 4.90 Å². The number of carbonyl (C=O) groups excluding carboxylic acids is 1. The molecule has 3 aromatic rings. The molecule has 0 saturated carbocycles. The second-order valence-electron chi connectivity index (χ2n) is 8.49. The molecular formula is C26H29ClN2O5S. The van der Waals surface area contributed by atoms with Crippen LogP contribution in [-0.2, 0) is 14.8 Å². The van der Waals surface area contributed by atoms with Crippen molar-refractivity contribution in [1.29, 1.82) is 0 Å². The van der Waals surface area contributed by atoms with E-state index in [9.17, 15) is 13.2 Å². The minimum atomic E-state index is -3.78. The van der Waals surface area contributed by atoms with Gasteiger partial charge in [-0.1, -0.05) is 49.2 Å². The van der Waals surface area contributed by atoms with E-state index in [1.165, 1.54) is 12.1 Å². The van der Waals surface area contributed by atoms with E-state index in [0.717, 1.165) is 23.6 Å². The van der Waals surface area contributed by atoms with Crippen LogP contribution >= 0.6 is 11.6 Å². The number of anilines is 1. The van der Waals surface area contributed by atoms with Crippen molar-refractivity contribution in [2.45, 2.75) is 43.6 Å². The molecule has 1 saturated heterocycles. The largest absolute Gasteiger partial charge is 0.490 e. The molecule has 7 nitrogen and oxygen atoms in total. The van der Waals surface area contributed by atoms with Crippen LogP contribution in [0.2, 0.25) is 5.02 Å². The number of nitrogens with one attached hydrogen (secondary N) is 1. The molecule has 1 aliphatic heterocycles. The lowest BCUT2D eigenvalue weighted by Gasteiger charge is -2.31. The summed E-state index contributed by atoms with van der Waals surface area (Å²) in [5, 5.41) is 2.01. The number of carbonyl (C=O) groups is 1. The summed E-state index contributed by atoms with van der Waals surface area (Å²) in [5.41, 5.74) is 0.465. The van der Waals surface area contributed by atoms with Gasteiger partial charge in [0.05, 0.1) is 17.2 Å². The summed E-state index contributed by atoms with van der Waals surface area (Å²) in [7, 11) is -3.78. The van der Waals surface area contributed by atoms with E-state index >= 15 is 0 Å². The minimum Gasteiger partial charge on any atom is -0.490 e. The van der Waals surface area contributed by atoms with Gasteiger partial charge in [-0.05, 0) is 42.8 Å². The van der Waals surface area contributed by atoms with Crippen molar-refractivity contribution in [3.8, 4) is 5.75 Å². The molecule has 9 heteroatoms. The lowest BCUT2D eigenvalue weighted by Crippen LogP contribution is -2.42. The molecule has 1 heterocycles. The number of fused-ring (bicyclic) bond motifs is 1. The van der Waals surface area contributed by atoms with E-state index in [-0.39, 0.29) is 17.1 Å². The van der Waals surface area contributed by atoms with Gasteiger partial charge in [-0.15, -0.1) is 0 Å². The molecule has 1 aliphatic rings. The highest BCUT2D eigenvalue weighted by atomic mass is 35.5. The van der Waals surface area contributed by atoms with Gasteiger partial charge in [-0.3, -0.25) is 4.72 Å². The average molecular weight is 517 g/mol. The molecule has 1 fully saturated rings. The normalized spacial score (nSPS) is 14.6. The molecule has 0 atom stereocenters. The maximum atomic E-state index is 12.9. The molecule has 3 aromatic carbocycles. The number of likely N-dealkylation sites (tertiary alicyclic amines) is 1. The topological polar surface area (TPSA) is 84.9 Å². The summed E-state index contributed by atoms with van der Waals surface area (Å²) < 4.78 is 40.1. The number of hydrogen-bond donors (Lipinski definition) is 1. The number of ether oxygens (including phenoxy) is 2. The Morgan fingerprint density at radius 2 is 1.71 bits per heavy atom. The Labute approximate surface area is 211 Å². The maximum absolute atomic E-state index is 12.9. The van der Waals surface area contributed by atoms with Crippen LogP contribution < -0.4 is 9.46 Å². The van der Waals surface area contributed by atoms with E-state index in [4.69, 9.17) is 21.1 Å². The predicted octanol–water partition coefficient (Wildman–Crippen LogP) is 6.07. The number of unbranched alkanes of at least 4 members (excludes halogenated alkanes) is 1. The van der Waals surface area contributed by atoms with Crippen LogP contribution in [0.3, 0.4) is 0 Å². The second kappa shape index (κ2) is 11.2. The van der Waals surface area contributed by atoms with E-state index in [1.807, 2.05) is 24.3 Å². The zero-order valence-corrected chi connectivity index (χ0v) is 21.1. The molecule has 0 spiro atoms. The first-order valence-electron chi connectivity index (χ1n) is 11.8. The van der Waals surface area contributed by atoms with Crippen molar-refractivity contribution >= 4 is 44.2 Å². The Hall–Kier alpha value is -2.97. The van der Waals surface area contributed by atoms with Crippen LogP contribution in [0.25, 0.3) is 10.8 Å². The fourth-order valence-electron chi connectivity index (χ4n) is 4.01. The van der Waals surface area contributed by atoms with Crippen LogP contribution in [0.5, 0.6) is 5.75 Å². The van der Waals surface area contributed by atoms with E-state index in [1.54, 1.807) is 29.2 Å². The van der Waals surface area contributed by atoms with Crippen LogP contribution in [0, 0.1) is 0 Å². The third-order valence-corrected chi connectivity index (χ3v) is 7.60. The van der Waals surface area contributed by atoms with Crippen molar-refractivity contribution < 1.29 is 22.7 Å². The monoisotopic (exact) mass is 516 g/mol. The Morgan fingerprint density at radius 3 is 2.40 bits per heavy atom. The van der Waals surface area contributed by atoms with Gasteiger partial charge in [0, 0.05) is 41.7 Å². The molecule has 1 amide bonds. The van der Waals surface area contributed by atoms with Gasteiger partial charge >= 0.3 is 6.09 Å². The summed E-state index contributed by atoms with van der Waals surface area (Å²) in [6.07, 6.45) is 2.93. The summed E-state index contributed by atoms with van der Waals surface area (Å²) in [5.74, 6) is 0.680. The molecule has 35 heavy (non-hydrogen) atoms. The van der Waals surface area contributed by atoms with Gasteiger partial charge in [-0.2, -0.15) is 0 Å². The van der Waals surface area contributed by atoms with Crippen LogP contribution in [0.1, 0.15) is 32.6 Å². The number of rotatable bonds is 8. The molecule has 0 aromatic heterocycles. The lowest BCUT2D eigenvalue weighted by atomic mass is 10.1. The highest BCUT2D eigenvalue weighted by Gasteiger charge is 2.25. The van der Waals surface area contributed by atoms with Crippen molar-refractivity contribution in [3.63, 3.8) is 0 Å². The zero-order chi connectivity index (χ0) is 24.8. The maximum Gasteiger partial charge on any atom is 0.409 e. The first-order valence-corrected chi connectivity index (χ1v) is 13.6. The Morgan fingerprint density at radius 1 is 1.03 bits per heavy atom. The van der Waals surface area contributed by atoms with E-state index in [0.29, 0.717) is 49.0 Å². The van der Waals surface area contributed by atoms with E-state index in [2.05, 4.69) is 11.6 Å². The molecule has 0 aliphatic carbocycles. The molecule has 4 rings (SSSR count). The summed E-state index contributed by atoms with van der Waals surface area (Å²) >= 11 is 5.89. The average Bonchev–Trinajstić information content (AvgIpc) is 2.86. The molecule has 1 N–H and O–H groups in total. The Kier molecular flexibility index (Phi) is 8.03. The molecule has 186 valence electrons. The van der Waals surface area contributed by atoms with Crippen molar-refractivity contribution in [2.75, 3.05) is 24.4 Å².